The van der Waals surface area contributed by atoms with Gasteiger partial charge < -0.3 is 5.32 Å². The minimum absolute atomic E-state index is 0.142. The number of hydrogen-bond acceptors (Lipinski definition) is 6. The molecule has 2 saturated heterocycles. The molecule has 3 aliphatic rings. The summed E-state index contributed by atoms with van der Waals surface area (Å²) in [6.07, 6.45) is 6.31. The zero-order valence-electron chi connectivity index (χ0n) is 13.4. The second-order valence-electron chi connectivity index (χ2n) is 6.27. The number of fused-ring (bicyclic) bond motifs is 4. The van der Waals surface area contributed by atoms with E-state index in [1.165, 1.54) is 42.5 Å². The third-order valence-electron chi connectivity index (χ3n) is 4.88. The van der Waals surface area contributed by atoms with E-state index >= 15 is 0 Å². The summed E-state index contributed by atoms with van der Waals surface area (Å²) in [6, 6.07) is 2.05. The van der Waals surface area contributed by atoms with E-state index in [0.29, 0.717) is 18.8 Å². The van der Waals surface area contributed by atoms with Crippen molar-refractivity contribution in [3.05, 3.63) is 22.6 Å². The lowest BCUT2D eigenvalue weighted by molar-refractivity contribution is -0.142. The van der Waals surface area contributed by atoms with Crippen LogP contribution in [0.2, 0.25) is 0 Å². The summed E-state index contributed by atoms with van der Waals surface area (Å²) >= 11 is 0. The number of amides is 2. The molecule has 24 heavy (non-hydrogen) atoms. The van der Waals surface area contributed by atoms with E-state index < -0.39 is 0 Å². The molecule has 128 valence electrons. The molecule has 0 aromatic carbocycles. The van der Waals surface area contributed by atoms with Crippen molar-refractivity contribution in [3.63, 3.8) is 0 Å². The number of aromatic nitrogens is 4. The van der Waals surface area contributed by atoms with Crippen LogP contribution in [0.1, 0.15) is 25.7 Å². The fraction of sp³-hybridized carbons (Fsp3) is 0.571. The van der Waals surface area contributed by atoms with E-state index in [1.807, 2.05) is 0 Å². The molecule has 10 nitrogen and oxygen atoms in total. The van der Waals surface area contributed by atoms with Crippen molar-refractivity contribution in [2.45, 2.75) is 37.8 Å². The average molecular weight is 332 g/mol. The molecular formula is C14H20N8O2. The molecule has 3 fully saturated rings. The molecule has 5 rings (SSSR count). The molecule has 2 aromatic heterocycles. The highest BCUT2D eigenvalue weighted by Gasteiger charge is 2.37. The summed E-state index contributed by atoms with van der Waals surface area (Å²) in [7, 11) is 2.08. The minimum atomic E-state index is -0.372. The van der Waals surface area contributed by atoms with Crippen LogP contribution >= 0.6 is 0 Å². The maximum absolute atomic E-state index is 12.1. The van der Waals surface area contributed by atoms with Gasteiger partial charge in [0, 0.05) is 31.4 Å². The molecule has 0 spiro atoms. The Morgan fingerprint density at radius 1 is 1.33 bits per heavy atom. The molecule has 1 aliphatic carbocycles. The molecule has 2 aromatic rings. The third kappa shape index (κ3) is 2.74. The number of urea groups is 1. The summed E-state index contributed by atoms with van der Waals surface area (Å²) in [6.45, 7) is 0.452. The van der Waals surface area contributed by atoms with Gasteiger partial charge in [-0.05, 0) is 25.7 Å². The van der Waals surface area contributed by atoms with Crippen molar-refractivity contribution in [1.82, 2.24) is 34.9 Å². The molecule has 0 radical (unpaired) electrons. The first kappa shape index (κ1) is 15.1. The van der Waals surface area contributed by atoms with Crippen molar-refractivity contribution in [1.29, 1.82) is 0 Å². The molecule has 3 N–H and O–H groups in total. The number of nitrogens with zero attached hydrogens (tertiary/aromatic N) is 5. The summed E-state index contributed by atoms with van der Waals surface area (Å²) < 4.78 is 1.40. The monoisotopic (exact) mass is 332 g/mol. The Balaban J connectivity index is 1.37. The van der Waals surface area contributed by atoms with Gasteiger partial charge in [-0.15, -0.1) is 5.10 Å². The quantitative estimate of drug-likeness (QED) is 0.728. The predicted octanol–water partition coefficient (Wildman–Crippen LogP) is -0.0298. The van der Waals surface area contributed by atoms with Crippen LogP contribution in [0.3, 0.4) is 0 Å². The third-order valence-corrected chi connectivity index (χ3v) is 4.88. The number of carbonyl (C=O) groups excluding carboxylic acids is 1. The van der Waals surface area contributed by atoms with Crippen LogP contribution in [0.15, 0.2) is 17.1 Å². The van der Waals surface area contributed by atoms with Crippen molar-refractivity contribution in [2.75, 3.05) is 19.0 Å². The van der Waals surface area contributed by atoms with E-state index in [4.69, 9.17) is 0 Å². The van der Waals surface area contributed by atoms with Crippen LogP contribution < -0.4 is 16.2 Å². The van der Waals surface area contributed by atoms with E-state index in [0.717, 1.165) is 0 Å². The Morgan fingerprint density at radius 3 is 2.83 bits per heavy atom. The summed E-state index contributed by atoms with van der Waals surface area (Å²) in [5.41, 5.74) is -0.269. The lowest BCUT2D eigenvalue weighted by atomic mass is 9.87. The minimum Gasteiger partial charge on any atom is -0.324 e. The van der Waals surface area contributed by atoms with Crippen molar-refractivity contribution in [3.8, 4) is 0 Å². The largest absolute Gasteiger partial charge is 0.324 e. The second-order valence-corrected chi connectivity index (χ2v) is 6.27. The molecule has 1 saturated carbocycles. The Bertz CT molecular complexity index is 804. The van der Waals surface area contributed by atoms with Gasteiger partial charge in [0.25, 0.3) is 11.5 Å². The molecule has 0 atom stereocenters. The summed E-state index contributed by atoms with van der Waals surface area (Å²) in [4.78, 5) is 29.9. The van der Waals surface area contributed by atoms with Gasteiger partial charge in [-0.2, -0.15) is 4.98 Å². The molecule has 0 unspecified atom stereocenters. The Hall–Kier alpha value is -2.46. The van der Waals surface area contributed by atoms with E-state index in [-0.39, 0.29) is 23.3 Å². The maximum Gasteiger partial charge on any atom is 0.322 e. The number of carbonyl (C=O) groups is 1. The number of hydrazine groups is 1. The highest BCUT2D eigenvalue weighted by atomic mass is 16.2. The molecular weight excluding hydrogens is 312 g/mol. The van der Waals surface area contributed by atoms with E-state index in [1.54, 1.807) is 0 Å². The van der Waals surface area contributed by atoms with Gasteiger partial charge in [0.05, 0.1) is 6.67 Å². The number of rotatable bonds is 3. The molecule has 2 aliphatic heterocycles. The zero-order chi connectivity index (χ0) is 16.7. The fourth-order valence-corrected chi connectivity index (χ4v) is 3.59. The van der Waals surface area contributed by atoms with Crippen LogP contribution in [0.5, 0.6) is 0 Å². The molecule has 2 bridgehead atoms. The fourth-order valence-electron chi connectivity index (χ4n) is 3.59. The SMILES string of the molecule is CN1C2CCC(CC2)N1CNC(=O)Nc1nc2[nH]c(=O)ccn2n1. The lowest BCUT2D eigenvalue weighted by Gasteiger charge is -2.51. The van der Waals surface area contributed by atoms with Gasteiger partial charge in [0.15, 0.2) is 0 Å². The van der Waals surface area contributed by atoms with E-state index in [2.05, 4.69) is 42.8 Å². The normalized spacial score (nSPS) is 24.4. The number of hydrogen-bond donors (Lipinski definition) is 3. The Kier molecular flexibility index (Phi) is 3.69. The predicted molar refractivity (Wildman–Crippen MR) is 86.3 cm³/mol. The Labute approximate surface area is 137 Å². The first-order valence-corrected chi connectivity index (χ1v) is 8.10. The Morgan fingerprint density at radius 2 is 2.08 bits per heavy atom. The topological polar surface area (TPSA) is 111 Å². The van der Waals surface area contributed by atoms with Gasteiger partial charge in [-0.25, -0.2) is 19.3 Å². The van der Waals surface area contributed by atoms with E-state index in [9.17, 15) is 9.59 Å². The first-order chi connectivity index (χ1) is 11.6. The maximum atomic E-state index is 12.1. The highest BCUT2D eigenvalue weighted by molar-refractivity contribution is 5.87. The standard InChI is InChI=1S/C14H20N8O2/c1-20-9-2-4-10(5-3-9)22(20)8-15-14(24)18-12-17-13-16-11(23)6-7-21(13)19-12/h6-7,9-10H,2-5,8H2,1H3,(H3,15,16,17,18,19,23,24). The molecule has 4 heterocycles. The van der Waals surface area contributed by atoms with Gasteiger partial charge in [-0.1, -0.05) is 0 Å². The van der Waals surface area contributed by atoms with Crippen molar-refractivity contribution >= 4 is 17.8 Å². The first-order valence-electron chi connectivity index (χ1n) is 8.10. The van der Waals surface area contributed by atoms with Gasteiger partial charge in [0.2, 0.25) is 5.78 Å². The van der Waals surface area contributed by atoms with Crippen LogP contribution in [0, 0.1) is 0 Å². The van der Waals surface area contributed by atoms with Gasteiger partial charge >= 0.3 is 6.03 Å². The number of H-pyrrole nitrogens is 1. The second kappa shape index (κ2) is 5.87. The number of nitrogens with one attached hydrogen (secondary N) is 3. The zero-order valence-corrected chi connectivity index (χ0v) is 13.4. The molecule has 10 heteroatoms. The van der Waals surface area contributed by atoms with Gasteiger partial charge in [-0.3, -0.25) is 15.1 Å². The number of anilines is 1. The van der Waals surface area contributed by atoms with Crippen molar-refractivity contribution in [2.24, 2.45) is 0 Å². The van der Waals surface area contributed by atoms with Crippen LogP contribution in [-0.4, -0.2) is 61.4 Å². The van der Waals surface area contributed by atoms with Gasteiger partial charge in [0.1, 0.15) is 0 Å². The average Bonchev–Trinajstić information content (AvgIpc) is 2.96. The lowest BCUT2D eigenvalue weighted by Crippen LogP contribution is -2.62. The smallest absolute Gasteiger partial charge is 0.322 e. The summed E-state index contributed by atoms with van der Waals surface area (Å²) in [5, 5.41) is 14.0. The molecule has 2 amide bonds. The van der Waals surface area contributed by atoms with Crippen LogP contribution in [0.25, 0.3) is 5.78 Å². The highest BCUT2D eigenvalue weighted by Crippen LogP contribution is 2.33. The van der Waals surface area contributed by atoms with Crippen molar-refractivity contribution < 1.29 is 4.79 Å². The van der Waals surface area contributed by atoms with Crippen LogP contribution in [0.4, 0.5) is 10.7 Å². The number of aromatic amines is 1. The summed E-state index contributed by atoms with van der Waals surface area (Å²) in [5.74, 6) is 0.425. The van der Waals surface area contributed by atoms with Crippen LogP contribution in [-0.2, 0) is 0 Å².